The van der Waals surface area contributed by atoms with Gasteiger partial charge in [-0.1, -0.05) is 19.3 Å². The van der Waals surface area contributed by atoms with E-state index in [-0.39, 0.29) is 18.6 Å². The molecule has 0 aromatic heterocycles. The van der Waals surface area contributed by atoms with Gasteiger partial charge >= 0.3 is 0 Å². The van der Waals surface area contributed by atoms with Crippen molar-refractivity contribution in [2.45, 2.75) is 57.1 Å². The second-order valence-electron chi connectivity index (χ2n) is 5.05. The van der Waals surface area contributed by atoms with Crippen LogP contribution in [0.5, 0.6) is 0 Å². The highest BCUT2D eigenvalue weighted by Gasteiger charge is 2.32. The molecular formula is C13H23NO3. The molecule has 1 saturated carbocycles. The van der Waals surface area contributed by atoms with Crippen molar-refractivity contribution in [2.24, 2.45) is 0 Å². The second kappa shape index (κ2) is 6.36. The molecule has 2 aliphatic rings. The number of carbonyl (C=O) groups excluding carboxylic acids is 1. The van der Waals surface area contributed by atoms with Crippen molar-refractivity contribution in [3.8, 4) is 0 Å². The normalized spacial score (nSPS) is 26.1. The van der Waals surface area contributed by atoms with E-state index in [2.05, 4.69) is 0 Å². The van der Waals surface area contributed by atoms with Crippen LogP contribution < -0.4 is 0 Å². The minimum Gasteiger partial charge on any atom is -0.395 e. The smallest absolute Gasteiger partial charge is 0.252 e. The number of nitrogens with zero attached hydrogens (tertiary/aromatic N) is 1. The minimum atomic E-state index is -0.247. The first kappa shape index (κ1) is 12.8. The first-order chi connectivity index (χ1) is 8.33. The Balaban J connectivity index is 1.96. The third-order valence-electron chi connectivity index (χ3n) is 3.84. The Kier molecular flexibility index (Phi) is 4.80. The predicted molar refractivity (Wildman–Crippen MR) is 64.6 cm³/mol. The van der Waals surface area contributed by atoms with Crippen LogP contribution in [-0.4, -0.2) is 47.8 Å². The molecule has 1 saturated heterocycles. The number of hydrogen-bond donors (Lipinski definition) is 1. The number of hydrogen-bond acceptors (Lipinski definition) is 3. The van der Waals surface area contributed by atoms with E-state index >= 15 is 0 Å². The molecule has 1 unspecified atom stereocenters. The molecule has 1 amide bonds. The summed E-state index contributed by atoms with van der Waals surface area (Å²) in [7, 11) is 0. The molecule has 4 nitrogen and oxygen atoms in total. The van der Waals surface area contributed by atoms with Gasteiger partial charge in [-0.25, -0.2) is 0 Å². The number of aliphatic hydroxyl groups is 1. The number of aliphatic hydroxyl groups excluding tert-OH is 1. The minimum absolute atomic E-state index is 0.0506. The average Bonchev–Trinajstić information content (AvgIpc) is 2.90. The van der Waals surface area contributed by atoms with Gasteiger partial charge in [-0.05, 0) is 25.7 Å². The van der Waals surface area contributed by atoms with Crippen LogP contribution in [0.3, 0.4) is 0 Å². The zero-order valence-corrected chi connectivity index (χ0v) is 10.4. The Labute approximate surface area is 103 Å². The number of amides is 1. The van der Waals surface area contributed by atoms with Gasteiger partial charge in [0.2, 0.25) is 0 Å². The average molecular weight is 241 g/mol. The third kappa shape index (κ3) is 3.19. The summed E-state index contributed by atoms with van der Waals surface area (Å²) in [6.45, 7) is 1.21. The molecule has 1 aliphatic carbocycles. The Morgan fingerprint density at radius 1 is 1.18 bits per heavy atom. The summed E-state index contributed by atoms with van der Waals surface area (Å²) >= 11 is 0. The molecular weight excluding hydrogens is 218 g/mol. The highest BCUT2D eigenvalue weighted by molar-refractivity contribution is 5.81. The van der Waals surface area contributed by atoms with Gasteiger partial charge < -0.3 is 14.7 Å². The van der Waals surface area contributed by atoms with Crippen LogP contribution in [0.25, 0.3) is 0 Å². The van der Waals surface area contributed by atoms with Gasteiger partial charge in [0.1, 0.15) is 6.10 Å². The van der Waals surface area contributed by atoms with Crippen molar-refractivity contribution in [3.63, 3.8) is 0 Å². The summed E-state index contributed by atoms with van der Waals surface area (Å²) in [5.74, 6) is 0.100. The molecule has 1 heterocycles. The molecule has 1 aliphatic heterocycles. The standard InChI is InChI=1S/C13H23NO3/c15-9-8-14(11-5-2-1-3-6-11)13(16)12-7-4-10-17-12/h11-12,15H,1-10H2. The number of ether oxygens (including phenoxy) is 1. The molecule has 0 spiro atoms. The Morgan fingerprint density at radius 2 is 1.94 bits per heavy atom. The van der Waals surface area contributed by atoms with Crippen LogP contribution >= 0.6 is 0 Å². The van der Waals surface area contributed by atoms with Crippen molar-refractivity contribution in [1.82, 2.24) is 4.90 Å². The topological polar surface area (TPSA) is 49.8 Å². The van der Waals surface area contributed by atoms with Crippen LogP contribution in [0.1, 0.15) is 44.9 Å². The van der Waals surface area contributed by atoms with E-state index in [0.29, 0.717) is 19.2 Å². The fourth-order valence-electron chi connectivity index (χ4n) is 2.93. The zero-order valence-electron chi connectivity index (χ0n) is 10.4. The van der Waals surface area contributed by atoms with Crippen molar-refractivity contribution < 1.29 is 14.6 Å². The van der Waals surface area contributed by atoms with Gasteiger partial charge in [0.25, 0.3) is 5.91 Å². The fraction of sp³-hybridized carbons (Fsp3) is 0.923. The molecule has 0 radical (unpaired) electrons. The highest BCUT2D eigenvalue weighted by atomic mass is 16.5. The number of rotatable bonds is 4. The zero-order chi connectivity index (χ0) is 12.1. The predicted octanol–water partition coefficient (Wildman–Crippen LogP) is 1.32. The lowest BCUT2D eigenvalue weighted by molar-refractivity contribution is -0.144. The fourth-order valence-corrected chi connectivity index (χ4v) is 2.93. The lowest BCUT2D eigenvalue weighted by atomic mass is 9.93. The molecule has 0 aromatic rings. The van der Waals surface area contributed by atoms with E-state index in [0.717, 1.165) is 25.7 Å². The van der Waals surface area contributed by atoms with Crippen molar-refractivity contribution in [3.05, 3.63) is 0 Å². The molecule has 4 heteroatoms. The molecule has 17 heavy (non-hydrogen) atoms. The lowest BCUT2D eigenvalue weighted by Gasteiger charge is -2.35. The molecule has 1 N–H and O–H groups in total. The monoisotopic (exact) mass is 241 g/mol. The second-order valence-corrected chi connectivity index (χ2v) is 5.05. The van der Waals surface area contributed by atoms with Gasteiger partial charge in [-0.3, -0.25) is 4.79 Å². The summed E-state index contributed by atoms with van der Waals surface area (Å²) < 4.78 is 5.46. The maximum absolute atomic E-state index is 12.3. The lowest BCUT2D eigenvalue weighted by Crippen LogP contribution is -2.47. The van der Waals surface area contributed by atoms with E-state index in [1.54, 1.807) is 0 Å². The van der Waals surface area contributed by atoms with Crippen molar-refractivity contribution in [2.75, 3.05) is 19.8 Å². The van der Waals surface area contributed by atoms with Gasteiger partial charge in [0.15, 0.2) is 0 Å². The molecule has 0 bridgehead atoms. The van der Waals surface area contributed by atoms with Gasteiger partial charge in [0.05, 0.1) is 6.61 Å². The van der Waals surface area contributed by atoms with Gasteiger partial charge in [0, 0.05) is 19.2 Å². The third-order valence-corrected chi connectivity index (χ3v) is 3.84. The first-order valence-corrected chi connectivity index (χ1v) is 6.86. The van der Waals surface area contributed by atoms with Crippen molar-refractivity contribution in [1.29, 1.82) is 0 Å². The largest absolute Gasteiger partial charge is 0.395 e. The van der Waals surface area contributed by atoms with Crippen LogP contribution in [0, 0.1) is 0 Å². The van der Waals surface area contributed by atoms with E-state index < -0.39 is 0 Å². The molecule has 2 rings (SSSR count). The summed E-state index contributed by atoms with van der Waals surface area (Å²) in [6.07, 6.45) is 7.41. The van der Waals surface area contributed by atoms with Crippen LogP contribution in [0.4, 0.5) is 0 Å². The SMILES string of the molecule is O=C(C1CCCO1)N(CCO)C1CCCCC1. The van der Waals surface area contributed by atoms with E-state index in [4.69, 9.17) is 9.84 Å². The molecule has 2 fully saturated rings. The quantitative estimate of drug-likeness (QED) is 0.807. The van der Waals surface area contributed by atoms with E-state index in [1.807, 2.05) is 4.90 Å². The van der Waals surface area contributed by atoms with Crippen LogP contribution in [0.15, 0.2) is 0 Å². The summed E-state index contributed by atoms with van der Waals surface area (Å²) in [4.78, 5) is 14.2. The van der Waals surface area contributed by atoms with Crippen LogP contribution in [-0.2, 0) is 9.53 Å². The van der Waals surface area contributed by atoms with Crippen LogP contribution in [0.2, 0.25) is 0 Å². The number of carbonyl (C=O) groups is 1. The van der Waals surface area contributed by atoms with Gasteiger partial charge in [-0.2, -0.15) is 0 Å². The van der Waals surface area contributed by atoms with E-state index in [1.165, 1.54) is 19.3 Å². The first-order valence-electron chi connectivity index (χ1n) is 6.86. The maximum atomic E-state index is 12.3. The Hall–Kier alpha value is -0.610. The maximum Gasteiger partial charge on any atom is 0.252 e. The Morgan fingerprint density at radius 3 is 2.53 bits per heavy atom. The summed E-state index contributed by atoms with van der Waals surface area (Å²) in [6, 6.07) is 0.326. The summed E-state index contributed by atoms with van der Waals surface area (Å²) in [5, 5.41) is 9.12. The van der Waals surface area contributed by atoms with Crippen molar-refractivity contribution >= 4 is 5.91 Å². The Bertz CT molecular complexity index is 245. The molecule has 98 valence electrons. The summed E-state index contributed by atoms with van der Waals surface area (Å²) in [5.41, 5.74) is 0. The molecule has 0 aromatic carbocycles. The molecule has 1 atom stereocenters. The van der Waals surface area contributed by atoms with E-state index in [9.17, 15) is 4.79 Å². The van der Waals surface area contributed by atoms with Gasteiger partial charge in [-0.15, -0.1) is 0 Å². The highest BCUT2D eigenvalue weighted by Crippen LogP contribution is 2.25.